The van der Waals surface area contributed by atoms with Gasteiger partial charge in [-0.2, -0.15) is 4.98 Å². The van der Waals surface area contributed by atoms with Crippen molar-refractivity contribution in [1.82, 2.24) is 14.5 Å². The van der Waals surface area contributed by atoms with E-state index < -0.39 is 0 Å². The number of pyridine rings is 1. The highest BCUT2D eigenvalue weighted by molar-refractivity contribution is 6.32. The van der Waals surface area contributed by atoms with Crippen molar-refractivity contribution in [1.29, 1.82) is 0 Å². The molecule has 10 heteroatoms. The van der Waals surface area contributed by atoms with Gasteiger partial charge in [0.2, 0.25) is 11.7 Å². The van der Waals surface area contributed by atoms with Crippen LogP contribution in [0.15, 0.2) is 29.2 Å². The first-order valence-electron chi connectivity index (χ1n) is 11.6. The highest BCUT2D eigenvalue weighted by Gasteiger charge is 2.25. The largest absolute Gasteiger partial charge is 0.486 e. The minimum Gasteiger partial charge on any atom is -0.486 e. The van der Waals surface area contributed by atoms with Gasteiger partial charge in [-0.1, -0.05) is 11.6 Å². The molecule has 0 saturated carbocycles. The maximum Gasteiger partial charge on any atom is 0.295 e. The summed E-state index contributed by atoms with van der Waals surface area (Å²) in [7, 11) is 1.76. The summed E-state index contributed by atoms with van der Waals surface area (Å²) in [5.41, 5.74) is 2.17. The first-order valence-corrected chi connectivity index (χ1v) is 11.9. The van der Waals surface area contributed by atoms with Crippen LogP contribution in [-0.2, 0) is 11.8 Å². The standard InChI is InChI=1S/C24H29ClN6O3/c1-13-7-8-33-21-20(27-13)17-9-16(5-6-19(17)30(4)23(21)32)28-22-18(25)10-26-24(29-22)31-11-14(2)34-15(3)12-31/h5-6,9-10,13-15,27H,7-8,11-12H2,1-4H3,(H,26,28,29)/t13-,14-,15+/m0/s1. The van der Waals surface area contributed by atoms with Crippen molar-refractivity contribution in [2.45, 2.75) is 45.4 Å². The number of nitrogens with one attached hydrogen (secondary N) is 2. The van der Waals surface area contributed by atoms with Crippen molar-refractivity contribution in [3.05, 3.63) is 39.8 Å². The fraction of sp³-hybridized carbons (Fsp3) is 0.458. The number of anilines is 4. The Bertz CT molecular complexity index is 1290. The monoisotopic (exact) mass is 484 g/mol. The molecule has 2 aromatic heterocycles. The van der Waals surface area contributed by atoms with E-state index in [4.69, 9.17) is 26.1 Å². The summed E-state index contributed by atoms with van der Waals surface area (Å²) in [6, 6.07) is 5.99. The van der Waals surface area contributed by atoms with E-state index in [1.165, 1.54) is 0 Å². The molecule has 5 rings (SSSR count). The molecule has 3 atom stereocenters. The number of rotatable bonds is 3. The maximum absolute atomic E-state index is 12.9. The SMILES string of the molecule is C[C@@H]1CN(c2ncc(Cl)c(Nc3ccc4c(c3)c3c(c(=O)n4C)OCC[C@H](C)N3)n2)C[C@H](C)O1. The Morgan fingerprint density at radius 3 is 2.74 bits per heavy atom. The second-order valence-corrected chi connectivity index (χ2v) is 9.54. The highest BCUT2D eigenvalue weighted by Crippen LogP contribution is 2.35. The molecule has 2 aliphatic heterocycles. The number of benzene rings is 1. The van der Waals surface area contributed by atoms with Crippen LogP contribution >= 0.6 is 11.6 Å². The molecule has 0 radical (unpaired) electrons. The summed E-state index contributed by atoms with van der Waals surface area (Å²) < 4.78 is 13.3. The van der Waals surface area contributed by atoms with Crippen molar-refractivity contribution in [3.63, 3.8) is 0 Å². The van der Waals surface area contributed by atoms with Gasteiger partial charge in [0.05, 0.1) is 36.2 Å². The van der Waals surface area contributed by atoms with Crippen molar-refractivity contribution in [2.75, 3.05) is 35.2 Å². The Balaban J connectivity index is 1.52. The maximum atomic E-state index is 12.9. The van der Waals surface area contributed by atoms with Gasteiger partial charge in [0.1, 0.15) is 5.02 Å². The van der Waals surface area contributed by atoms with Crippen molar-refractivity contribution < 1.29 is 9.47 Å². The third-order valence-corrected chi connectivity index (χ3v) is 6.51. The van der Waals surface area contributed by atoms with Crippen LogP contribution in [0.3, 0.4) is 0 Å². The second-order valence-electron chi connectivity index (χ2n) is 9.14. The van der Waals surface area contributed by atoms with Crippen LogP contribution in [0.4, 0.5) is 23.1 Å². The van der Waals surface area contributed by atoms with Gasteiger partial charge in [0.15, 0.2) is 5.82 Å². The minimum absolute atomic E-state index is 0.0962. The van der Waals surface area contributed by atoms with E-state index in [9.17, 15) is 4.79 Å². The Labute approximate surface area is 203 Å². The lowest BCUT2D eigenvalue weighted by Crippen LogP contribution is -2.46. The summed E-state index contributed by atoms with van der Waals surface area (Å²) in [5, 5.41) is 8.11. The molecule has 2 aliphatic rings. The van der Waals surface area contributed by atoms with Gasteiger partial charge in [-0.3, -0.25) is 4.79 Å². The lowest BCUT2D eigenvalue weighted by Gasteiger charge is -2.35. The van der Waals surface area contributed by atoms with Crippen LogP contribution in [0.5, 0.6) is 5.75 Å². The zero-order chi connectivity index (χ0) is 24.0. The summed E-state index contributed by atoms with van der Waals surface area (Å²) in [5.74, 6) is 1.48. The van der Waals surface area contributed by atoms with Crippen LogP contribution in [0, 0.1) is 0 Å². The summed E-state index contributed by atoms with van der Waals surface area (Å²) in [6.07, 6.45) is 2.62. The molecule has 180 valence electrons. The van der Waals surface area contributed by atoms with Gasteiger partial charge in [0, 0.05) is 43.7 Å². The van der Waals surface area contributed by atoms with E-state index in [1.807, 2.05) is 32.0 Å². The van der Waals surface area contributed by atoms with Gasteiger partial charge >= 0.3 is 0 Å². The van der Waals surface area contributed by atoms with Gasteiger partial charge in [-0.25, -0.2) is 4.98 Å². The number of ether oxygens (including phenoxy) is 2. The number of hydrogen-bond donors (Lipinski definition) is 2. The molecule has 2 N–H and O–H groups in total. The lowest BCUT2D eigenvalue weighted by atomic mass is 10.1. The highest BCUT2D eigenvalue weighted by atomic mass is 35.5. The first-order chi connectivity index (χ1) is 16.3. The minimum atomic E-state index is -0.151. The number of halogens is 1. The Kier molecular flexibility index (Phi) is 5.99. The Morgan fingerprint density at radius 1 is 1.21 bits per heavy atom. The molecule has 34 heavy (non-hydrogen) atoms. The van der Waals surface area contributed by atoms with Crippen LogP contribution in [-0.4, -0.2) is 52.5 Å². The predicted molar refractivity (Wildman–Crippen MR) is 135 cm³/mol. The lowest BCUT2D eigenvalue weighted by molar-refractivity contribution is -0.00571. The zero-order valence-corrected chi connectivity index (χ0v) is 20.5. The van der Waals surface area contributed by atoms with Gasteiger partial charge in [-0.05, 0) is 39.0 Å². The number of nitrogens with zero attached hydrogens (tertiary/aromatic N) is 4. The van der Waals surface area contributed by atoms with E-state index >= 15 is 0 Å². The van der Waals surface area contributed by atoms with Crippen LogP contribution in [0.25, 0.3) is 10.9 Å². The van der Waals surface area contributed by atoms with E-state index in [0.717, 1.165) is 28.7 Å². The molecule has 0 spiro atoms. The average molecular weight is 485 g/mol. The molecule has 4 heterocycles. The van der Waals surface area contributed by atoms with Gasteiger partial charge in [0.25, 0.3) is 5.56 Å². The van der Waals surface area contributed by atoms with Gasteiger partial charge in [-0.15, -0.1) is 0 Å². The Hall–Kier alpha value is -3.04. The molecular weight excluding hydrogens is 456 g/mol. The number of aryl methyl sites for hydroxylation is 1. The van der Waals surface area contributed by atoms with Crippen molar-refractivity contribution >= 4 is 45.6 Å². The van der Waals surface area contributed by atoms with Crippen LogP contribution < -0.4 is 25.8 Å². The molecule has 0 bridgehead atoms. The molecule has 1 aromatic carbocycles. The van der Waals surface area contributed by atoms with Crippen molar-refractivity contribution in [3.8, 4) is 5.75 Å². The molecule has 3 aromatic rings. The van der Waals surface area contributed by atoms with Crippen LogP contribution in [0.1, 0.15) is 27.2 Å². The summed E-state index contributed by atoms with van der Waals surface area (Å²) >= 11 is 6.45. The fourth-order valence-electron chi connectivity index (χ4n) is 4.61. The number of aromatic nitrogens is 3. The van der Waals surface area contributed by atoms with E-state index in [1.54, 1.807) is 17.8 Å². The number of hydrogen-bond acceptors (Lipinski definition) is 8. The van der Waals surface area contributed by atoms with Crippen molar-refractivity contribution in [2.24, 2.45) is 7.05 Å². The average Bonchev–Trinajstić information content (AvgIpc) is 3.00. The summed E-state index contributed by atoms with van der Waals surface area (Å²) in [4.78, 5) is 24.1. The van der Waals surface area contributed by atoms with E-state index in [2.05, 4.69) is 27.4 Å². The zero-order valence-electron chi connectivity index (χ0n) is 19.8. The van der Waals surface area contributed by atoms with Crippen LogP contribution in [0.2, 0.25) is 5.02 Å². The van der Waals surface area contributed by atoms with Gasteiger partial charge < -0.3 is 29.6 Å². The van der Waals surface area contributed by atoms with E-state index in [-0.39, 0.29) is 23.8 Å². The third kappa shape index (κ3) is 4.25. The molecule has 0 aliphatic carbocycles. The quantitative estimate of drug-likeness (QED) is 0.577. The molecule has 1 fully saturated rings. The second kappa shape index (κ2) is 8.96. The summed E-state index contributed by atoms with van der Waals surface area (Å²) in [6.45, 7) is 8.09. The Morgan fingerprint density at radius 2 is 1.97 bits per heavy atom. The molecule has 1 saturated heterocycles. The normalized spacial score (nSPS) is 22.5. The topological polar surface area (TPSA) is 93.5 Å². The van der Waals surface area contributed by atoms with E-state index in [0.29, 0.717) is 42.2 Å². The predicted octanol–water partition coefficient (Wildman–Crippen LogP) is 3.92. The molecule has 0 unspecified atom stereocenters. The number of morpholine rings is 1. The fourth-order valence-corrected chi connectivity index (χ4v) is 4.75. The first kappa shape index (κ1) is 22.7. The molecule has 9 nitrogen and oxygen atoms in total. The molecule has 0 amide bonds. The molecular formula is C24H29ClN6O3. The third-order valence-electron chi connectivity index (χ3n) is 6.24. The smallest absolute Gasteiger partial charge is 0.295 e. The number of fused-ring (bicyclic) bond motifs is 3.